The predicted octanol–water partition coefficient (Wildman–Crippen LogP) is 1.58. The van der Waals surface area contributed by atoms with Crippen molar-refractivity contribution in [2.24, 2.45) is 7.05 Å². The van der Waals surface area contributed by atoms with Gasteiger partial charge in [0.2, 0.25) is 10.0 Å². The highest BCUT2D eigenvalue weighted by molar-refractivity contribution is 7.89. The fourth-order valence-electron chi connectivity index (χ4n) is 3.01. The number of sulfonamides is 1. The van der Waals surface area contributed by atoms with Crippen molar-refractivity contribution in [2.45, 2.75) is 36.7 Å². The monoisotopic (exact) mass is 420 g/mol. The lowest BCUT2D eigenvalue weighted by Crippen LogP contribution is -2.36. The van der Waals surface area contributed by atoms with Crippen molar-refractivity contribution >= 4 is 33.2 Å². The minimum absolute atomic E-state index is 0.00193. The van der Waals surface area contributed by atoms with Crippen molar-refractivity contribution in [1.82, 2.24) is 19.1 Å². The number of nitrogens with zero attached hydrogens (tertiary/aromatic N) is 3. The Kier molecular flexibility index (Phi) is 5.34. The Hall–Kier alpha value is -1.55. The van der Waals surface area contributed by atoms with Gasteiger partial charge in [-0.3, -0.25) is 4.57 Å². The zero-order valence-corrected chi connectivity index (χ0v) is 16.5. The number of benzene rings is 1. The van der Waals surface area contributed by atoms with E-state index in [1.54, 1.807) is 11.6 Å². The summed E-state index contributed by atoms with van der Waals surface area (Å²) in [5.74, 6) is 0.661. The first-order chi connectivity index (χ1) is 12.2. The van der Waals surface area contributed by atoms with Gasteiger partial charge in [-0.05, 0) is 25.0 Å². The number of rotatable bonds is 4. The topological polar surface area (TPSA) is 95.2 Å². The molecule has 1 N–H and O–H groups in total. The molecule has 0 saturated carbocycles. The Morgan fingerprint density at radius 3 is 2.73 bits per heavy atom. The summed E-state index contributed by atoms with van der Waals surface area (Å²) in [7, 11) is -0.950. The second-order valence-corrected chi connectivity index (χ2v) is 8.48. The van der Waals surface area contributed by atoms with Crippen LogP contribution in [0, 0.1) is 0 Å². The molecule has 1 aromatic carbocycles. The molecule has 11 heteroatoms. The summed E-state index contributed by atoms with van der Waals surface area (Å²) in [6.45, 7) is 0.397. The number of aromatic nitrogens is 3. The number of fused-ring (bicyclic) bond motifs is 1. The van der Waals surface area contributed by atoms with Gasteiger partial charge in [0, 0.05) is 26.1 Å². The molecule has 0 radical (unpaired) electrons. The summed E-state index contributed by atoms with van der Waals surface area (Å²) in [6.07, 6.45) is 1.50. The maximum atomic E-state index is 12.8. The number of aryl methyl sites for hydroxylation is 2. The Balaban J connectivity index is 1.83. The molecule has 0 bridgehead atoms. The quantitative estimate of drug-likeness (QED) is 0.809. The first-order valence-electron chi connectivity index (χ1n) is 7.91. The Morgan fingerprint density at radius 2 is 2.04 bits per heavy atom. The average Bonchev–Trinajstić information content (AvgIpc) is 2.74. The van der Waals surface area contributed by atoms with E-state index in [1.807, 2.05) is 0 Å². The standard InChI is InChI=1S/C15H18Cl2N4O4S/c1-20-15(22)21-8-7-9(3-6-12(21)18-20)19-26(23,24)11-5-4-10(16)13(17)14(11)25-2/h4-5,9,19H,3,6-8H2,1-2H3. The molecular formula is C15H18Cl2N4O4S. The van der Waals surface area contributed by atoms with Crippen LogP contribution in [0.3, 0.4) is 0 Å². The zero-order chi connectivity index (χ0) is 19.1. The van der Waals surface area contributed by atoms with E-state index in [2.05, 4.69) is 9.82 Å². The van der Waals surface area contributed by atoms with Gasteiger partial charge in [0.25, 0.3) is 0 Å². The molecule has 0 amide bonds. The second kappa shape index (κ2) is 7.22. The van der Waals surface area contributed by atoms with Crippen molar-refractivity contribution in [2.75, 3.05) is 7.11 Å². The van der Waals surface area contributed by atoms with E-state index in [4.69, 9.17) is 27.9 Å². The molecule has 1 unspecified atom stereocenters. The second-order valence-electron chi connectivity index (χ2n) is 6.01. The molecule has 1 aliphatic heterocycles. The molecule has 2 heterocycles. The lowest BCUT2D eigenvalue weighted by Gasteiger charge is -2.18. The van der Waals surface area contributed by atoms with E-state index >= 15 is 0 Å². The van der Waals surface area contributed by atoms with E-state index < -0.39 is 10.0 Å². The van der Waals surface area contributed by atoms with Gasteiger partial charge in [0.05, 0.1) is 12.1 Å². The van der Waals surface area contributed by atoms with Crippen LogP contribution in [-0.2, 0) is 30.0 Å². The third-order valence-electron chi connectivity index (χ3n) is 4.33. The normalized spacial score (nSPS) is 17.6. The van der Waals surface area contributed by atoms with Crippen molar-refractivity contribution in [3.63, 3.8) is 0 Å². The zero-order valence-electron chi connectivity index (χ0n) is 14.2. The molecule has 1 atom stereocenters. The van der Waals surface area contributed by atoms with Crippen LogP contribution >= 0.6 is 23.2 Å². The summed E-state index contributed by atoms with van der Waals surface area (Å²) in [5.41, 5.74) is -0.199. The average molecular weight is 421 g/mol. The third-order valence-corrected chi connectivity index (χ3v) is 6.66. The molecular weight excluding hydrogens is 403 g/mol. The van der Waals surface area contributed by atoms with Crippen LogP contribution in [0.5, 0.6) is 5.75 Å². The lowest BCUT2D eigenvalue weighted by atomic mass is 10.1. The molecule has 1 aliphatic rings. The summed E-state index contributed by atoms with van der Waals surface area (Å²) in [4.78, 5) is 11.9. The summed E-state index contributed by atoms with van der Waals surface area (Å²) >= 11 is 12.0. The molecule has 26 heavy (non-hydrogen) atoms. The maximum Gasteiger partial charge on any atom is 0.345 e. The first kappa shape index (κ1) is 19.2. The van der Waals surface area contributed by atoms with Gasteiger partial charge >= 0.3 is 5.69 Å². The Labute approximate surface area is 160 Å². The molecule has 0 spiro atoms. The SMILES string of the molecule is COc1c(S(=O)(=O)NC2CCc3nn(C)c(=O)n3CC2)ccc(Cl)c1Cl. The molecule has 8 nitrogen and oxygen atoms in total. The molecule has 0 saturated heterocycles. The number of ether oxygens (including phenoxy) is 1. The van der Waals surface area contributed by atoms with Gasteiger partial charge in [-0.15, -0.1) is 0 Å². The van der Waals surface area contributed by atoms with Gasteiger partial charge in [0.15, 0.2) is 5.75 Å². The molecule has 142 valence electrons. The van der Waals surface area contributed by atoms with Crippen LogP contribution in [-0.4, -0.2) is 35.9 Å². The van der Waals surface area contributed by atoms with Crippen LogP contribution in [0.4, 0.5) is 0 Å². The smallest absolute Gasteiger partial charge is 0.345 e. The van der Waals surface area contributed by atoms with E-state index in [0.717, 1.165) is 0 Å². The Morgan fingerprint density at radius 1 is 1.31 bits per heavy atom. The highest BCUT2D eigenvalue weighted by Gasteiger charge is 2.28. The van der Waals surface area contributed by atoms with Crippen LogP contribution in [0.1, 0.15) is 18.7 Å². The number of methoxy groups -OCH3 is 1. The summed E-state index contributed by atoms with van der Waals surface area (Å²) in [5, 5.41) is 4.44. The minimum Gasteiger partial charge on any atom is -0.494 e. The van der Waals surface area contributed by atoms with Crippen molar-refractivity contribution in [3.05, 3.63) is 38.5 Å². The predicted molar refractivity (Wildman–Crippen MR) is 97.5 cm³/mol. The largest absolute Gasteiger partial charge is 0.494 e. The molecule has 1 aromatic heterocycles. The van der Waals surface area contributed by atoms with Crippen molar-refractivity contribution in [3.8, 4) is 5.75 Å². The van der Waals surface area contributed by atoms with Gasteiger partial charge in [-0.25, -0.2) is 22.6 Å². The Bertz CT molecular complexity index is 1000. The molecule has 2 aromatic rings. The van der Waals surface area contributed by atoms with Crippen LogP contribution in [0.2, 0.25) is 10.0 Å². The number of hydrogen-bond donors (Lipinski definition) is 1. The van der Waals surface area contributed by atoms with E-state index in [-0.39, 0.29) is 32.4 Å². The van der Waals surface area contributed by atoms with Gasteiger partial charge < -0.3 is 4.74 Å². The van der Waals surface area contributed by atoms with E-state index in [1.165, 1.54) is 23.9 Å². The van der Waals surface area contributed by atoms with E-state index in [0.29, 0.717) is 31.6 Å². The van der Waals surface area contributed by atoms with Crippen LogP contribution in [0.15, 0.2) is 21.8 Å². The maximum absolute atomic E-state index is 12.8. The number of halogens is 2. The summed E-state index contributed by atoms with van der Waals surface area (Å²) in [6, 6.07) is 2.42. The van der Waals surface area contributed by atoms with Crippen LogP contribution < -0.4 is 15.1 Å². The highest BCUT2D eigenvalue weighted by atomic mass is 35.5. The van der Waals surface area contributed by atoms with Gasteiger partial charge in [-0.2, -0.15) is 5.10 Å². The van der Waals surface area contributed by atoms with Crippen LogP contribution in [0.25, 0.3) is 0 Å². The molecule has 3 rings (SSSR count). The van der Waals surface area contributed by atoms with Crippen molar-refractivity contribution < 1.29 is 13.2 Å². The van der Waals surface area contributed by atoms with Gasteiger partial charge in [-0.1, -0.05) is 23.2 Å². The summed E-state index contributed by atoms with van der Waals surface area (Å²) < 4.78 is 36.3. The van der Waals surface area contributed by atoms with Crippen molar-refractivity contribution in [1.29, 1.82) is 0 Å². The fraction of sp³-hybridized carbons (Fsp3) is 0.467. The van der Waals surface area contributed by atoms with E-state index in [9.17, 15) is 13.2 Å². The first-order valence-corrected chi connectivity index (χ1v) is 10.2. The highest BCUT2D eigenvalue weighted by Crippen LogP contribution is 2.37. The third kappa shape index (κ3) is 3.48. The van der Waals surface area contributed by atoms with Gasteiger partial charge in [0.1, 0.15) is 15.7 Å². The number of hydrogen-bond acceptors (Lipinski definition) is 5. The lowest BCUT2D eigenvalue weighted by molar-refractivity contribution is 0.401. The fourth-order valence-corrected chi connectivity index (χ4v) is 4.94. The number of nitrogens with one attached hydrogen (secondary N) is 1. The molecule has 0 fully saturated rings. The minimum atomic E-state index is -3.88. The molecule has 0 aliphatic carbocycles.